The Morgan fingerprint density at radius 2 is 1.71 bits per heavy atom. The van der Waals surface area contributed by atoms with Gasteiger partial charge in [-0.15, -0.1) is 0 Å². The number of rotatable bonds is 7. The van der Waals surface area contributed by atoms with E-state index in [4.69, 9.17) is 14.2 Å². The second-order valence-electron chi connectivity index (χ2n) is 7.22. The van der Waals surface area contributed by atoms with E-state index in [-0.39, 0.29) is 28.7 Å². The Kier molecular flexibility index (Phi) is 6.97. The maximum atomic E-state index is 13.0. The van der Waals surface area contributed by atoms with Crippen molar-refractivity contribution >= 4 is 21.8 Å². The van der Waals surface area contributed by atoms with E-state index < -0.39 is 21.9 Å². The summed E-state index contributed by atoms with van der Waals surface area (Å²) in [4.78, 5) is 24.5. The summed E-state index contributed by atoms with van der Waals surface area (Å²) in [6.07, 6.45) is 1.05. The number of carbonyl (C=O) groups excluding carboxylic acids is 2. The third-order valence-electron chi connectivity index (χ3n) is 5.20. The van der Waals surface area contributed by atoms with Crippen LogP contribution in [0.3, 0.4) is 0 Å². The minimum absolute atomic E-state index is 0.0288. The molecule has 166 valence electrons. The van der Waals surface area contributed by atoms with Crippen molar-refractivity contribution in [3.63, 3.8) is 0 Å². The van der Waals surface area contributed by atoms with Gasteiger partial charge in [-0.2, -0.15) is 4.31 Å². The molecular formula is C22H25NO7S. The first kappa shape index (κ1) is 22.8. The molecular weight excluding hydrogens is 422 g/mol. The molecule has 2 aromatic rings. The van der Waals surface area contributed by atoms with Crippen LogP contribution in [0.5, 0.6) is 17.2 Å². The van der Waals surface area contributed by atoms with Crippen molar-refractivity contribution in [3.8, 4) is 17.2 Å². The molecule has 1 aliphatic rings. The minimum atomic E-state index is -3.75. The van der Waals surface area contributed by atoms with Crippen LogP contribution in [0.4, 0.5) is 0 Å². The number of ketones is 1. The second-order valence-corrected chi connectivity index (χ2v) is 9.16. The number of nitrogens with zero attached hydrogens (tertiary/aromatic N) is 1. The van der Waals surface area contributed by atoms with Crippen LogP contribution in [0, 0.1) is 5.92 Å². The lowest BCUT2D eigenvalue weighted by atomic mass is 10.00. The zero-order chi connectivity index (χ0) is 22.6. The van der Waals surface area contributed by atoms with Gasteiger partial charge in [-0.25, -0.2) is 8.42 Å². The highest BCUT2D eigenvalue weighted by Crippen LogP contribution is 2.31. The van der Waals surface area contributed by atoms with Gasteiger partial charge in [0.15, 0.2) is 17.3 Å². The lowest BCUT2D eigenvalue weighted by molar-refractivity contribution is -0.140. The predicted octanol–water partition coefficient (Wildman–Crippen LogP) is 2.91. The van der Waals surface area contributed by atoms with Crippen LogP contribution in [0.2, 0.25) is 0 Å². The smallest absolute Gasteiger partial charge is 0.315 e. The standard InChI is InChI=1S/C22H25NO7S/c1-15(24)16-6-11-20(21(13-16)29-3)30-22(25)17-5-4-12-23(14-17)31(26,27)19-9-7-18(28-2)8-10-19/h6-11,13,17H,4-5,12,14H2,1-3H3. The molecule has 9 heteroatoms. The van der Waals surface area contributed by atoms with Gasteiger partial charge in [0, 0.05) is 18.7 Å². The van der Waals surface area contributed by atoms with E-state index in [1.165, 1.54) is 49.7 Å². The average Bonchev–Trinajstić information content (AvgIpc) is 2.79. The van der Waals surface area contributed by atoms with Gasteiger partial charge < -0.3 is 14.2 Å². The molecule has 0 spiro atoms. The molecule has 0 amide bonds. The van der Waals surface area contributed by atoms with Crippen molar-refractivity contribution in [3.05, 3.63) is 48.0 Å². The van der Waals surface area contributed by atoms with Crippen LogP contribution >= 0.6 is 0 Å². The van der Waals surface area contributed by atoms with Crippen molar-refractivity contribution in [2.24, 2.45) is 5.92 Å². The molecule has 1 heterocycles. The molecule has 8 nitrogen and oxygen atoms in total. The van der Waals surface area contributed by atoms with Crippen molar-refractivity contribution in [2.45, 2.75) is 24.7 Å². The third-order valence-corrected chi connectivity index (χ3v) is 7.07. The normalized spacial score (nSPS) is 17.1. The van der Waals surface area contributed by atoms with E-state index in [9.17, 15) is 18.0 Å². The number of Topliss-reactive ketones (excluding diaryl/α,β-unsaturated/α-hetero) is 1. The molecule has 1 atom stereocenters. The van der Waals surface area contributed by atoms with E-state index in [2.05, 4.69) is 0 Å². The number of benzene rings is 2. The Bertz CT molecular complexity index is 1060. The predicted molar refractivity (Wildman–Crippen MR) is 113 cm³/mol. The van der Waals surface area contributed by atoms with E-state index in [1.54, 1.807) is 18.2 Å². The first-order chi connectivity index (χ1) is 14.8. The zero-order valence-electron chi connectivity index (χ0n) is 17.7. The van der Waals surface area contributed by atoms with E-state index >= 15 is 0 Å². The van der Waals surface area contributed by atoms with Crippen LogP contribution in [-0.2, 0) is 14.8 Å². The third kappa shape index (κ3) is 5.05. The van der Waals surface area contributed by atoms with Crippen molar-refractivity contribution in [1.29, 1.82) is 0 Å². The average molecular weight is 448 g/mol. The highest BCUT2D eigenvalue weighted by atomic mass is 32.2. The summed E-state index contributed by atoms with van der Waals surface area (Å²) in [6, 6.07) is 10.7. The summed E-state index contributed by atoms with van der Waals surface area (Å²) in [6.45, 7) is 1.79. The molecule has 0 saturated carbocycles. The fourth-order valence-electron chi connectivity index (χ4n) is 3.41. The Morgan fingerprint density at radius 3 is 2.32 bits per heavy atom. The van der Waals surface area contributed by atoms with Gasteiger partial charge in [-0.3, -0.25) is 9.59 Å². The first-order valence-electron chi connectivity index (χ1n) is 9.81. The first-order valence-corrected chi connectivity index (χ1v) is 11.2. The highest BCUT2D eigenvalue weighted by molar-refractivity contribution is 7.89. The molecule has 0 aromatic heterocycles. The SMILES string of the molecule is COc1ccc(S(=O)(=O)N2CCCC(C(=O)Oc3ccc(C(C)=O)cc3OC)C2)cc1. The number of hydrogen-bond donors (Lipinski definition) is 0. The number of methoxy groups -OCH3 is 2. The fraction of sp³-hybridized carbons (Fsp3) is 0.364. The number of piperidine rings is 1. The summed E-state index contributed by atoms with van der Waals surface area (Å²) < 4.78 is 43.1. The van der Waals surface area contributed by atoms with Gasteiger partial charge in [-0.1, -0.05) is 0 Å². The summed E-state index contributed by atoms with van der Waals surface area (Å²) in [5, 5.41) is 0. The molecule has 0 radical (unpaired) electrons. The monoisotopic (exact) mass is 447 g/mol. The molecule has 1 fully saturated rings. The van der Waals surface area contributed by atoms with E-state index in [0.717, 1.165) is 0 Å². The van der Waals surface area contributed by atoms with Crippen molar-refractivity contribution in [1.82, 2.24) is 4.31 Å². The lowest BCUT2D eigenvalue weighted by Crippen LogP contribution is -2.43. The summed E-state index contributed by atoms with van der Waals surface area (Å²) in [7, 11) is -0.822. The second kappa shape index (κ2) is 9.49. The lowest BCUT2D eigenvalue weighted by Gasteiger charge is -2.30. The van der Waals surface area contributed by atoms with Gasteiger partial charge in [-0.05, 0) is 62.2 Å². The van der Waals surface area contributed by atoms with Crippen LogP contribution < -0.4 is 14.2 Å². The van der Waals surface area contributed by atoms with Crippen LogP contribution in [-0.4, -0.2) is 51.8 Å². The molecule has 1 aliphatic heterocycles. The number of carbonyl (C=O) groups is 2. The van der Waals surface area contributed by atoms with Crippen LogP contribution in [0.1, 0.15) is 30.1 Å². The largest absolute Gasteiger partial charge is 0.497 e. The highest BCUT2D eigenvalue weighted by Gasteiger charge is 2.34. The van der Waals surface area contributed by atoms with Gasteiger partial charge in [0.05, 0.1) is 25.0 Å². The molecule has 31 heavy (non-hydrogen) atoms. The molecule has 0 bridgehead atoms. The Labute approximate surface area is 181 Å². The van der Waals surface area contributed by atoms with Gasteiger partial charge in [0.25, 0.3) is 0 Å². The number of hydrogen-bond acceptors (Lipinski definition) is 7. The van der Waals surface area contributed by atoms with E-state index in [1.807, 2.05) is 0 Å². The molecule has 1 unspecified atom stereocenters. The number of ether oxygens (including phenoxy) is 3. The van der Waals surface area contributed by atoms with Gasteiger partial charge >= 0.3 is 5.97 Å². The van der Waals surface area contributed by atoms with E-state index in [0.29, 0.717) is 30.7 Å². The summed E-state index contributed by atoms with van der Waals surface area (Å²) in [5.41, 5.74) is 0.436. The Balaban J connectivity index is 1.74. The molecule has 2 aromatic carbocycles. The van der Waals surface area contributed by atoms with Gasteiger partial charge in [0.1, 0.15) is 5.75 Å². The zero-order valence-corrected chi connectivity index (χ0v) is 18.5. The van der Waals surface area contributed by atoms with Crippen molar-refractivity contribution in [2.75, 3.05) is 27.3 Å². The molecule has 3 rings (SSSR count). The summed E-state index contributed by atoms with van der Waals surface area (Å²) >= 11 is 0. The molecule has 0 aliphatic carbocycles. The van der Waals surface area contributed by atoms with Crippen LogP contribution in [0.15, 0.2) is 47.4 Å². The Morgan fingerprint density at radius 1 is 1.00 bits per heavy atom. The van der Waals surface area contributed by atoms with Crippen molar-refractivity contribution < 1.29 is 32.2 Å². The maximum absolute atomic E-state index is 13.0. The fourth-order valence-corrected chi connectivity index (χ4v) is 4.94. The Hall–Kier alpha value is -2.91. The number of sulfonamides is 1. The van der Waals surface area contributed by atoms with Gasteiger partial charge in [0.2, 0.25) is 10.0 Å². The maximum Gasteiger partial charge on any atom is 0.315 e. The minimum Gasteiger partial charge on any atom is -0.497 e. The van der Waals surface area contributed by atoms with Crippen LogP contribution in [0.25, 0.3) is 0 Å². The number of esters is 1. The molecule has 0 N–H and O–H groups in total. The molecule has 1 saturated heterocycles. The summed E-state index contributed by atoms with van der Waals surface area (Å²) in [5.74, 6) is -0.277. The topological polar surface area (TPSA) is 99.2 Å². The quantitative estimate of drug-likeness (QED) is 0.366.